The van der Waals surface area contributed by atoms with Crippen LogP contribution in [0.15, 0.2) is 66.3 Å². The average molecular weight is 1350 g/mol. The Bertz CT molecular complexity index is 2970. The van der Waals surface area contributed by atoms with E-state index in [0.29, 0.717) is 18.4 Å². The van der Waals surface area contributed by atoms with Crippen molar-refractivity contribution in [1.82, 2.24) is 30.7 Å². The molecule has 2 aliphatic heterocycles. The smallest absolute Gasteiger partial charge is 0.412 e. The molecule has 6 N–H and O–H groups in total. The van der Waals surface area contributed by atoms with Crippen LogP contribution in [0.25, 0.3) is 0 Å². The molecule has 3 aliphatic rings. The summed E-state index contributed by atoms with van der Waals surface area (Å²) in [4.78, 5) is 124. The molecule has 90 heavy (non-hydrogen) atoms. The van der Waals surface area contributed by atoms with Crippen LogP contribution in [0.5, 0.6) is 11.5 Å². The van der Waals surface area contributed by atoms with Gasteiger partial charge in [-0.1, -0.05) is 89.8 Å². The number of likely N-dealkylation sites (N-methyl/N-ethyl adjacent to an activating group) is 3. The van der Waals surface area contributed by atoms with E-state index in [4.69, 9.17) is 44.8 Å². The number of fused-ring (bicyclic) bond motifs is 4. The lowest BCUT2D eigenvalue weighted by Gasteiger charge is -2.43. The molecule has 9 atom stereocenters. The molecule has 0 spiro atoms. The van der Waals surface area contributed by atoms with E-state index in [9.17, 15) is 53.4 Å². The third-order valence-corrected chi connectivity index (χ3v) is 16.8. The number of halogens is 2. The van der Waals surface area contributed by atoms with Crippen LogP contribution in [0.1, 0.15) is 96.6 Å². The van der Waals surface area contributed by atoms with Crippen LogP contribution < -0.4 is 35.6 Å². The normalized spacial score (nSPS) is 22.5. The van der Waals surface area contributed by atoms with Crippen molar-refractivity contribution in [2.45, 2.75) is 141 Å². The van der Waals surface area contributed by atoms with E-state index in [1.807, 2.05) is 13.0 Å². The van der Waals surface area contributed by atoms with E-state index < -0.39 is 109 Å². The molecule has 0 radical (unpaired) electrons. The van der Waals surface area contributed by atoms with Gasteiger partial charge >= 0.3 is 30.3 Å². The second-order valence-electron chi connectivity index (χ2n) is 22.7. The lowest BCUT2D eigenvalue weighted by Crippen LogP contribution is -2.64. The molecular weight excluding hydrogens is 1260 g/mol. The fraction of sp³-hybridized carbons (Fsp3) is 0.565. The molecule has 2 aromatic carbocycles. The number of alkyl halides is 1. The van der Waals surface area contributed by atoms with Crippen LogP contribution in [0, 0.1) is 11.8 Å². The van der Waals surface area contributed by atoms with Gasteiger partial charge in [-0.05, 0) is 81.3 Å². The zero-order valence-electron chi connectivity index (χ0n) is 52.7. The standard InChI is InChI=1S/C62H86BrClN8O18/c1-37-17-16-20-50(85-10)62(83)34-49(90-59(80)68-62)39(3)56(77)38(2)47(33-54(76)72(8)45-31-42(29-37)32-48(84-9)55(45)64)88-57(78)40(4)71(7)53(75)24-28-86-60(81)69(5)26-27-70(6)61(82)87-36-41-21-22-46(44(30-41)67-51(73)23-25-65-52(74)35-63)89-58(79)66-43-18-14-12-11-13-15-19-43/h12,14,16-17,20-22,30-32,38-40,43,47,49-50,56,77,83H,11,13,15,18-19,23-29,33-36H2,1-10H3,(H,65,74)(H,66,79)(H,67,73)(H,68,80). The largest absolute Gasteiger partial charge is 0.495 e. The minimum atomic E-state index is -1.98. The third-order valence-electron chi connectivity index (χ3n) is 15.9. The van der Waals surface area contributed by atoms with E-state index in [0.717, 1.165) is 41.7 Å². The van der Waals surface area contributed by atoms with Gasteiger partial charge in [-0.3, -0.25) is 24.5 Å². The Labute approximate surface area is 538 Å². The van der Waals surface area contributed by atoms with Gasteiger partial charge in [0, 0.05) is 85.7 Å². The van der Waals surface area contributed by atoms with E-state index >= 15 is 0 Å². The van der Waals surface area contributed by atoms with Gasteiger partial charge in [0.1, 0.15) is 48.3 Å². The first-order valence-electron chi connectivity index (χ1n) is 29.7. The topological polar surface area (TPSA) is 320 Å². The van der Waals surface area contributed by atoms with Crippen molar-refractivity contribution in [2.24, 2.45) is 11.8 Å². The molecule has 496 valence electrons. The molecule has 1 fully saturated rings. The van der Waals surface area contributed by atoms with Gasteiger partial charge in [-0.25, -0.2) is 24.0 Å². The highest BCUT2D eigenvalue weighted by atomic mass is 79.9. The summed E-state index contributed by atoms with van der Waals surface area (Å²) in [5.74, 6) is -4.57. The highest BCUT2D eigenvalue weighted by molar-refractivity contribution is 9.09. The first-order valence-corrected chi connectivity index (χ1v) is 31.2. The molecule has 1 saturated heterocycles. The van der Waals surface area contributed by atoms with Crippen molar-refractivity contribution in [3.63, 3.8) is 0 Å². The molecule has 28 heteroatoms. The van der Waals surface area contributed by atoms with E-state index in [2.05, 4.69) is 43.3 Å². The monoisotopic (exact) mass is 1340 g/mol. The fourth-order valence-corrected chi connectivity index (χ4v) is 10.6. The van der Waals surface area contributed by atoms with Crippen LogP contribution in [-0.4, -0.2) is 195 Å². The number of anilines is 2. The van der Waals surface area contributed by atoms with Gasteiger partial charge in [0.2, 0.25) is 23.6 Å². The number of allylic oxidation sites excluding steroid dienone is 4. The van der Waals surface area contributed by atoms with Gasteiger partial charge in [0.15, 0.2) is 11.5 Å². The molecule has 8 amide bonds. The highest BCUT2D eigenvalue weighted by Crippen LogP contribution is 2.38. The van der Waals surface area contributed by atoms with E-state index in [1.54, 1.807) is 50.3 Å². The summed E-state index contributed by atoms with van der Waals surface area (Å²) < 4.78 is 39.4. The van der Waals surface area contributed by atoms with Crippen LogP contribution >= 0.6 is 27.5 Å². The van der Waals surface area contributed by atoms with Crippen LogP contribution in [0.2, 0.25) is 5.02 Å². The molecule has 4 bridgehead atoms. The number of alkyl carbamates (subject to hydrolysis) is 1. The third kappa shape index (κ3) is 21.6. The predicted octanol–water partition coefficient (Wildman–Crippen LogP) is 6.90. The average Bonchev–Trinajstić information content (AvgIpc) is 1.16. The van der Waals surface area contributed by atoms with Crippen molar-refractivity contribution in [2.75, 3.05) is 84.2 Å². The number of hydrogen-bond donors (Lipinski definition) is 6. The first-order chi connectivity index (χ1) is 42.7. The second kappa shape index (κ2) is 35.2. The number of amides is 8. The molecule has 2 heterocycles. The Morgan fingerprint density at radius 1 is 0.944 bits per heavy atom. The van der Waals surface area contributed by atoms with Gasteiger partial charge in [0.25, 0.3) is 0 Å². The lowest BCUT2D eigenvalue weighted by atomic mass is 9.81. The number of carbonyl (C=O) groups is 9. The summed E-state index contributed by atoms with van der Waals surface area (Å²) >= 11 is 9.86. The number of benzene rings is 2. The number of methoxy groups -OCH3 is 2. The maximum Gasteiger partial charge on any atom is 0.412 e. The Hall–Kier alpha value is -7.46. The number of rotatable bonds is 20. The minimum Gasteiger partial charge on any atom is -0.495 e. The summed E-state index contributed by atoms with van der Waals surface area (Å²) in [6, 6.07) is 6.56. The predicted molar refractivity (Wildman–Crippen MR) is 336 cm³/mol. The summed E-state index contributed by atoms with van der Waals surface area (Å²) in [6.07, 6.45) is 4.48. The summed E-state index contributed by atoms with van der Waals surface area (Å²) in [7, 11) is 8.50. The number of ether oxygens (including phenoxy) is 7. The summed E-state index contributed by atoms with van der Waals surface area (Å²) in [6.45, 7) is 5.76. The van der Waals surface area contributed by atoms with Crippen molar-refractivity contribution < 1.29 is 86.5 Å². The zero-order chi connectivity index (χ0) is 66.4. The summed E-state index contributed by atoms with van der Waals surface area (Å²) in [5, 5.41) is 34.7. The number of esters is 1. The van der Waals surface area contributed by atoms with Crippen LogP contribution in [-0.2, 0) is 60.7 Å². The first kappa shape index (κ1) is 73.3. The molecular formula is C62H86BrClN8O18. The van der Waals surface area contributed by atoms with Crippen molar-refractivity contribution in [3.8, 4) is 11.5 Å². The molecule has 0 saturated carbocycles. The zero-order valence-corrected chi connectivity index (χ0v) is 55.0. The summed E-state index contributed by atoms with van der Waals surface area (Å²) in [5.41, 5.74) is 0.437. The second-order valence-corrected chi connectivity index (χ2v) is 23.6. The van der Waals surface area contributed by atoms with Gasteiger partial charge in [-0.2, -0.15) is 0 Å². The van der Waals surface area contributed by atoms with Crippen LogP contribution in [0.4, 0.5) is 30.6 Å². The highest BCUT2D eigenvalue weighted by Gasteiger charge is 2.49. The lowest BCUT2D eigenvalue weighted by molar-refractivity contribution is -0.167. The molecule has 0 aromatic heterocycles. The van der Waals surface area contributed by atoms with Crippen LogP contribution in [0.3, 0.4) is 0 Å². The van der Waals surface area contributed by atoms with E-state index in [-0.39, 0.29) is 90.7 Å². The molecule has 2 aromatic rings. The van der Waals surface area contributed by atoms with Gasteiger partial charge < -0.3 is 78.9 Å². The van der Waals surface area contributed by atoms with Gasteiger partial charge in [0.05, 0.1) is 42.8 Å². The maximum absolute atomic E-state index is 14.3. The van der Waals surface area contributed by atoms with Crippen molar-refractivity contribution >= 4 is 92.9 Å². The quantitative estimate of drug-likeness (QED) is 0.0340. The molecule has 1 aliphatic carbocycles. The fourth-order valence-electron chi connectivity index (χ4n) is 10.1. The van der Waals surface area contributed by atoms with Crippen molar-refractivity contribution in [1.29, 1.82) is 0 Å². The molecule has 5 rings (SSSR count). The number of hydrogen-bond acceptors (Lipinski definition) is 18. The Morgan fingerprint density at radius 2 is 1.66 bits per heavy atom. The molecule has 9 unspecified atom stereocenters. The van der Waals surface area contributed by atoms with Gasteiger partial charge in [-0.15, -0.1) is 0 Å². The number of nitrogens with zero attached hydrogens (tertiary/aromatic N) is 4. The molecule has 26 nitrogen and oxygen atoms in total. The Kier molecular flexibility index (Phi) is 28.7. The van der Waals surface area contributed by atoms with Crippen molar-refractivity contribution in [3.05, 3.63) is 82.4 Å². The maximum atomic E-state index is 14.3. The number of aliphatic hydroxyl groups excluding tert-OH is 1. The SMILES string of the molecule is COc1cc2cc(c1Cl)N(C)C(=O)CC(OC(=O)C(C)N(C)C(=O)CCOC(=O)N(C)CCN(C)C(=O)OCc1ccc(OC(=O)NC3CC=CCCCC3)c(NC(=O)CCNC(=O)CBr)c1)C(C)C(O)C(C)C1CC(O)(NC(=O)O1)C(OC)C=CC=C(C)C2. The van der Waals surface area contributed by atoms with E-state index in [1.165, 1.54) is 76.2 Å². The Morgan fingerprint density at radius 3 is 2.34 bits per heavy atom. The number of carbonyl (C=O) groups excluding carboxylic acids is 9. The number of nitrogens with one attached hydrogen (secondary N) is 4. The Balaban J connectivity index is 1.18. The number of aliphatic hydroxyl groups is 2. The minimum absolute atomic E-state index is 0.0104.